The molecule has 18 heavy (non-hydrogen) atoms. The molecule has 0 bridgehead atoms. The van der Waals surface area contributed by atoms with Crippen molar-refractivity contribution >= 4 is 5.82 Å². The highest BCUT2D eigenvalue weighted by atomic mass is 15.2. The Kier molecular flexibility index (Phi) is 5.00. The van der Waals surface area contributed by atoms with Crippen LogP contribution < -0.4 is 10.2 Å². The molecule has 0 atom stereocenters. The normalized spacial score (nSPS) is 16.1. The van der Waals surface area contributed by atoms with Gasteiger partial charge >= 0.3 is 0 Å². The van der Waals surface area contributed by atoms with Crippen LogP contribution in [-0.2, 0) is 6.54 Å². The van der Waals surface area contributed by atoms with Crippen LogP contribution in [0.25, 0.3) is 0 Å². The first-order chi connectivity index (χ1) is 8.81. The van der Waals surface area contributed by atoms with Crippen molar-refractivity contribution in [2.75, 3.05) is 18.5 Å². The molecule has 3 heteroatoms. The highest BCUT2D eigenvalue weighted by Crippen LogP contribution is 2.25. The molecule has 0 aliphatic heterocycles. The van der Waals surface area contributed by atoms with E-state index in [1.54, 1.807) is 0 Å². The zero-order chi connectivity index (χ0) is 12.8. The van der Waals surface area contributed by atoms with Crippen LogP contribution in [0.5, 0.6) is 0 Å². The summed E-state index contributed by atoms with van der Waals surface area (Å²) in [6, 6.07) is 5.02. The minimum Gasteiger partial charge on any atom is -0.357 e. The summed E-state index contributed by atoms with van der Waals surface area (Å²) in [4.78, 5) is 6.87. The molecule has 0 aromatic carbocycles. The Balaban J connectivity index is 1.97. The van der Waals surface area contributed by atoms with Gasteiger partial charge in [-0.15, -0.1) is 0 Å². The van der Waals surface area contributed by atoms with Crippen LogP contribution in [0.3, 0.4) is 0 Å². The summed E-state index contributed by atoms with van der Waals surface area (Å²) < 4.78 is 0. The van der Waals surface area contributed by atoms with E-state index in [2.05, 4.69) is 41.3 Å². The third-order valence-electron chi connectivity index (χ3n) is 3.80. The summed E-state index contributed by atoms with van der Waals surface area (Å²) >= 11 is 0. The minimum atomic E-state index is 0.691. The maximum Gasteiger partial charge on any atom is 0.128 e. The van der Waals surface area contributed by atoms with Crippen LogP contribution in [0.1, 0.15) is 44.6 Å². The zero-order valence-corrected chi connectivity index (χ0v) is 11.7. The summed E-state index contributed by atoms with van der Waals surface area (Å²) in [5, 5.41) is 3.44. The number of nitrogens with zero attached hydrogens (tertiary/aromatic N) is 2. The maximum absolute atomic E-state index is 4.51. The molecule has 1 heterocycles. The van der Waals surface area contributed by atoms with Crippen molar-refractivity contribution in [3.05, 3.63) is 23.9 Å². The lowest BCUT2D eigenvalue weighted by Gasteiger charge is -2.25. The molecular weight excluding hydrogens is 222 g/mol. The number of anilines is 1. The van der Waals surface area contributed by atoms with Gasteiger partial charge in [-0.2, -0.15) is 0 Å². The molecule has 1 aliphatic carbocycles. The third kappa shape index (κ3) is 3.45. The van der Waals surface area contributed by atoms with Crippen molar-refractivity contribution in [2.24, 2.45) is 0 Å². The standard InChI is InChI=1S/C15H25N3/c1-3-9-16-12-13-8-10-17-15(11-13)18(2)14-6-4-5-7-14/h8,10-11,14,16H,3-7,9,12H2,1-2H3. The number of hydrogen-bond donors (Lipinski definition) is 1. The molecule has 2 rings (SSSR count). The van der Waals surface area contributed by atoms with Crippen LogP contribution >= 0.6 is 0 Å². The Morgan fingerprint density at radius 1 is 1.39 bits per heavy atom. The second kappa shape index (κ2) is 6.74. The Morgan fingerprint density at radius 3 is 2.89 bits per heavy atom. The van der Waals surface area contributed by atoms with Crippen LogP contribution in [0, 0.1) is 0 Å². The Labute approximate surface area is 111 Å². The van der Waals surface area contributed by atoms with Gasteiger partial charge in [-0.1, -0.05) is 19.8 Å². The second-order valence-corrected chi connectivity index (χ2v) is 5.25. The molecule has 1 aromatic rings. The Bertz CT molecular complexity index is 359. The molecular formula is C15H25N3. The Morgan fingerprint density at radius 2 is 2.17 bits per heavy atom. The SMILES string of the molecule is CCCNCc1ccnc(N(C)C2CCCC2)c1. The van der Waals surface area contributed by atoms with Crippen molar-refractivity contribution < 1.29 is 0 Å². The fourth-order valence-corrected chi connectivity index (χ4v) is 2.65. The van der Waals surface area contributed by atoms with Gasteiger partial charge in [0, 0.05) is 25.8 Å². The highest BCUT2D eigenvalue weighted by Gasteiger charge is 2.20. The lowest BCUT2D eigenvalue weighted by Crippen LogP contribution is -2.29. The molecule has 0 radical (unpaired) electrons. The van der Waals surface area contributed by atoms with Gasteiger partial charge in [0.1, 0.15) is 5.82 Å². The predicted octanol–water partition coefficient (Wildman–Crippen LogP) is 2.96. The predicted molar refractivity (Wildman–Crippen MR) is 76.9 cm³/mol. The smallest absolute Gasteiger partial charge is 0.128 e. The largest absolute Gasteiger partial charge is 0.357 e. The summed E-state index contributed by atoms with van der Waals surface area (Å²) in [5.41, 5.74) is 1.33. The van der Waals surface area contributed by atoms with Crippen molar-refractivity contribution in [1.29, 1.82) is 0 Å². The average molecular weight is 247 g/mol. The van der Waals surface area contributed by atoms with Gasteiger partial charge in [-0.3, -0.25) is 0 Å². The van der Waals surface area contributed by atoms with Gasteiger partial charge in [0.2, 0.25) is 0 Å². The van der Waals surface area contributed by atoms with Gasteiger partial charge < -0.3 is 10.2 Å². The van der Waals surface area contributed by atoms with E-state index >= 15 is 0 Å². The summed E-state index contributed by atoms with van der Waals surface area (Å²) in [7, 11) is 2.18. The second-order valence-electron chi connectivity index (χ2n) is 5.25. The first-order valence-corrected chi connectivity index (χ1v) is 7.19. The Hall–Kier alpha value is -1.09. The van der Waals surface area contributed by atoms with Gasteiger partial charge in [-0.05, 0) is 43.5 Å². The molecule has 3 nitrogen and oxygen atoms in total. The van der Waals surface area contributed by atoms with Crippen LogP contribution in [0.2, 0.25) is 0 Å². The molecule has 1 aromatic heterocycles. The fourth-order valence-electron chi connectivity index (χ4n) is 2.65. The lowest BCUT2D eigenvalue weighted by molar-refractivity contribution is 0.643. The molecule has 100 valence electrons. The minimum absolute atomic E-state index is 0.691. The van der Waals surface area contributed by atoms with E-state index in [4.69, 9.17) is 0 Å². The number of aromatic nitrogens is 1. The van der Waals surface area contributed by atoms with E-state index in [0.29, 0.717) is 6.04 Å². The van der Waals surface area contributed by atoms with E-state index in [-0.39, 0.29) is 0 Å². The molecule has 0 saturated heterocycles. The molecule has 1 fully saturated rings. The molecule has 0 spiro atoms. The van der Waals surface area contributed by atoms with Crippen LogP contribution in [0.4, 0.5) is 5.82 Å². The monoisotopic (exact) mass is 247 g/mol. The zero-order valence-electron chi connectivity index (χ0n) is 11.7. The number of pyridine rings is 1. The fraction of sp³-hybridized carbons (Fsp3) is 0.667. The van der Waals surface area contributed by atoms with Gasteiger partial charge in [0.05, 0.1) is 0 Å². The molecule has 1 saturated carbocycles. The van der Waals surface area contributed by atoms with E-state index in [9.17, 15) is 0 Å². The molecule has 1 N–H and O–H groups in total. The number of hydrogen-bond acceptors (Lipinski definition) is 3. The van der Waals surface area contributed by atoms with E-state index in [0.717, 1.165) is 18.9 Å². The van der Waals surface area contributed by atoms with Gasteiger partial charge in [0.15, 0.2) is 0 Å². The van der Waals surface area contributed by atoms with E-state index in [1.165, 1.54) is 37.7 Å². The number of rotatable bonds is 6. The first-order valence-electron chi connectivity index (χ1n) is 7.19. The van der Waals surface area contributed by atoms with E-state index in [1.807, 2.05) is 6.20 Å². The van der Waals surface area contributed by atoms with Crippen molar-refractivity contribution in [1.82, 2.24) is 10.3 Å². The van der Waals surface area contributed by atoms with Crippen LogP contribution in [-0.4, -0.2) is 24.6 Å². The maximum atomic E-state index is 4.51. The first kappa shape index (κ1) is 13.3. The molecule has 0 amide bonds. The molecule has 0 unspecified atom stereocenters. The average Bonchev–Trinajstić information content (AvgIpc) is 2.92. The quantitative estimate of drug-likeness (QED) is 0.783. The highest BCUT2D eigenvalue weighted by molar-refractivity contribution is 5.41. The topological polar surface area (TPSA) is 28.2 Å². The van der Waals surface area contributed by atoms with Gasteiger partial charge in [0.25, 0.3) is 0 Å². The molecule has 1 aliphatic rings. The van der Waals surface area contributed by atoms with Gasteiger partial charge in [-0.25, -0.2) is 4.98 Å². The number of nitrogens with one attached hydrogen (secondary N) is 1. The van der Waals surface area contributed by atoms with Crippen LogP contribution in [0.15, 0.2) is 18.3 Å². The van der Waals surface area contributed by atoms with Crippen molar-refractivity contribution in [3.8, 4) is 0 Å². The van der Waals surface area contributed by atoms with Crippen molar-refractivity contribution in [2.45, 2.75) is 51.6 Å². The summed E-state index contributed by atoms with van der Waals surface area (Å²) in [6.07, 6.45) is 8.48. The lowest BCUT2D eigenvalue weighted by atomic mass is 10.2. The van der Waals surface area contributed by atoms with Crippen molar-refractivity contribution in [3.63, 3.8) is 0 Å². The summed E-state index contributed by atoms with van der Waals surface area (Å²) in [5.74, 6) is 1.12. The van der Waals surface area contributed by atoms with E-state index < -0.39 is 0 Å². The third-order valence-corrected chi connectivity index (χ3v) is 3.80. The summed E-state index contributed by atoms with van der Waals surface area (Å²) in [6.45, 7) is 4.22.